The maximum Gasteiger partial charge on any atom is 0.418 e. The van der Waals surface area contributed by atoms with Crippen LogP contribution in [0.25, 0.3) is 22.2 Å². The number of pyridine rings is 3. The number of halogens is 4. The van der Waals surface area contributed by atoms with Gasteiger partial charge in [-0.25, -0.2) is 19.3 Å². The van der Waals surface area contributed by atoms with Crippen LogP contribution in [0.4, 0.5) is 35.0 Å². The molecule has 7 rings (SSSR count). The molecule has 0 bridgehead atoms. The zero-order valence-corrected chi connectivity index (χ0v) is 32.4. The van der Waals surface area contributed by atoms with Gasteiger partial charge in [-0.1, -0.05) is 30.3 Å². The summed E-state index contributed by atoms with van der Waals surface area (Å²) in [5.74, 6) is 0.426. The predicted molar refractivity (Wildman–Crippen MR) is 208 cm³/mol. The van der Waals surface area contributed by atoms with Crippen molar-refractivity contribution in [1.82, 2.24) is 24.9 Å². The molecule has 4 aromatic heterocycles. The minimum absolute atomic E-state index is 0.0111. The quantitative estimate of drug-likeness (QED) is 0.0788. The van der Waals surface area contributed by atoms with Crippen molar-refractivity contribution in [2.75, 3.05) is 49.2 Å². The summed E-state index contributed by atoms with van der Waals surface area (Å²) in [5.41, 5.74) is 5.26. The summed E-state index contributed by atoms with van der Waals surface area (Å²) in [6.07, 6.45) is -2.09. The molecular weight excluding hydrogens is 765 g/mol. The van der Waals surface area contributed by atoms with E-state index in [0.717, 1.165) is 11.1 Å². The fraction of sp³-hybridized carbons (Fsp3) is 0.275. The van der Waals surface area contributed by atoms with Gasteiger partial charge in [0.15, 0.2) is 11.6 Å². The van der Waals surface area contributed by atoms with Crippen LogP contribution in [0.15, 0.2) is 78.1 Å². The van der Waals surface area contributed by atoms with Crippen LogP contribution in [0.1, 0.15) is 40.9 Å². The molecule has 2 aromatic carbocycles. The van der Waals surface area contributed by atoms with Crippen LogP contribution < -0.4 is 29.7 Å². The smallest absolute Gasteiger partial charge is 0.418 e. The van der Waals surface area contributed by atoms with Gasteiger partial charge < -0.3 is 34.3 Å². The zero-order chi connectivity index (χ0) is 40.6. The topological polar surface area (TPSA) is 148 Å². The van der Waals surface area contributed by atoms with Crippen molar-refractivity contribution in [2.24, 2.45) is 0 Å². The van der Waals surface area contributed by atoms with Gasteiger partial charge in [-0.15, -0.1) is 0 Å². The Kier molecular flexibility index (Phi) is 11.0. The highest BCUT2D eigenvalue weighted by Gasteiger charge is 2.40. The third-order valence-electron chi connectivity index (χ3n) is 9.72. The second-order valence-corrected chi connectivity index (χ2v) is 14.6. The summed E-state index contributed by atoms with van der Waals surface area (Å²) in [5, 5.41) is -0.219. The van der Waals surface area contributed by atoms with Crippen molar-refractivity contribution in [3.05, 3.63) is 107 Å². The van der Waals surface area contributed by atoms with Crippen LogP contribution >= 0.6 is 0 Å². The van der Waals surface area contributed by atoms with Crippen LogP contribution in [0.5, 0.6) is 17.4 Å². The van der Waals surface area contributed by atoms with E-state index in [0.29, 0.717) is 17.1 Å². The van der Waals surface area contributed by atoms with Crippen LogP contribution in [-0.2, 0) is 30.4 Å². The fourth-order valence-corrected chi connectivity index (χ4v) is 7.32. The van der Waals surface area contributed by atoms with Crippen LogP contribution in [0, 0.1) is 12.7 Å². The second-order valence-electron chi connectivity index (χ2n) is 13.3. The number of methoxy groups -OCH3 is 2. The van der Waals surface area contributed by atoms with Gasteiger partial charge in [-0.3, -0.25) is 0 Å². The molecule has 0 amide bonds. The molecule has 2 unspecified atom stereocenters. The maximum absolute atomic E-state index is 17.3. The largest absolute Gasteiger partial charge is 0.609 e. The number of benzene rings is 2. The maximum atomic E-state index is 17.3. The third-order valence-corrected chi connectivity index (χ3v) is 10.4. The Morgan fingerprint density at radius 3 is 2.16 bits per heavy atom. The molecule has 296 valence electrons. The van der Waals surface area contributed by atoms with Crippen LogP contribution in [0.2, 0.25) is 0 Å². The van der Waals surface area contributed by atoms with Gasteiger partial charge in [0.05, 0.1) is 38.1 Å². The van der Waals surface area contributed by atoms with E-state index in [1.807, 2.05) is 31.2 Å². The fourth-order valence-electron chi connectivity index (χ4n) is 6.88. The van der Waals surface area contributed by atoms with E-state index in [1.165, 1.54) is 19.2 Å². The Hall–Kier alpha value is -5.94. The first-order chi connectivity index (χ1) is 27.3. The molecule has 0 aliphatic carbocycles. The molecule has 1 aliphatic rings. The predicted octanol–water partition coefficient (Wildman–Crippen LogP) is 7.45. The third kappa shape index (κ3) is 7.89. The highest BCUT2D eigenvalue weighted by atomic mass is 32.2. The molecule has 5 heterocycles. The Morgan fingerprint density at radius 2 is 1.60 bits per heavy atom. The number of nitrogens with two attached hydrogens (primary N) is 1. The molecule has 0 fully saturated rings. The van der Waals surface area contributed by atoms with Gasteiger partial charge in [0, 0.05) is 41.6 Å². The van der Waals surface area contributed by atoms with Crippen molar-refractivity contribution in [2.45, 2.75) is 44.3 Å². The standard InChI is InChI=1S/C40H38F4N8O4S/c1-22-32(40(42,43)44)29(19-30(47-22)51(20-24-8-12-26(54-3)13-9-24)21-25-10-14-27(55-4)15-11-25)34-33(41)35-31-37(50-39(49-35)57(5)53)52(17-18-56-38(31)48-34)23(2)28-7-6-16-46-36(28)45/h6-16,19,23H,17-18,20-21H2,1-5H3,(H2,45,46). The number of aromatic nitrogens is 5. The van der Waals surface area contributed by atoms with Crippen molar-refractivity contribution in [1.29, 1.82) is 0 Å². The van der Waals surface area contributed by atoms with Crippen molar-refractivity contribution < 1.29 is 36.3 Å². The average molecular weight is 803 g/mol. The summed E-state index contributed by atoms with van der Waals surface area (Å²) in [6.45, 7) is 3.67. The number of alkyl halides is 3. The molecule has 1 aliphatic heterocycles. The van der Waals surface area contributed by atoms with Crippen molar-refractivity contribution in [3.63, 3.8) is 0 Å². The Balaban J connectivity index is 1.43. The molecule has 17 heteroatoms. The Labute approximate surface area is 328 Å². The molecule has 0 saturated heterocycles. The van der Waals surface area contributed by atoms with Gasteiger partial charge in [-0.05, 0) is 61.4 Å². The molecule has 57 heavy (non-hydrogen) atoms. The SMILES string of the molecule is COc1ccc(CN(Cc2ccc(OC)cc2)c2cc(-c3nc4c5c(nc([S+](C)[O-])nc5c3F)N(C(C)c3cccnc3N)CCO4)c(C(F)(F)F)c(C)n2)cc1. The lowest BCUT2D eigenvalue weighted by Gasteiger charge is -2.30. The van der Waals surface area contributed by atoms with E-state index >= 15 is 17.6 Å². The number of anilines is 3. The van der Waals surface area contributed by atoms with E-state index in [-0.39, 0.29) is 60.1 Å². The van der Waals surface area contributed by atoms with Crippen LogP contribution in [-0.4, -0.2) is 63.1 Å². The number of aryl methyl sites for hydroxylation is 1. The van der Waals surface area contributed by atoms with Crippen molar-refractivity contribution >= 4 is 39.5 Å². The number of rotatable bonds is 11. The first-order valence-corrected chi connectivity index (χ1v) is 19.3. The summed E-state index contributed by atoms with van der Waals surface area (Å²) >= 11 is -1.82. The average Bonchev–Trinajstić information content (AvgIpc) is 3.38. The van der Waals surface area contributed by atoms with Gasteiger partial charge in [-0.2, -0.15) is 23.1 Å². The summed E-state index contributed by atoms with van der Waals surface area (Å²) in [7, 11) is 3.10. The van der Waals surface area contributed by atoms with Gasteiger partial charge in [0.1, 0.15) is 52.6 Å². The molecule has 0 spiro atoms. The highest BCUT2D eigenvalue weighted by Crippen LogP contribution is 2.45. The molecule has 0 radical (unpaired) electrons. The van der Waals surface area contributed by atoms with Gasteiger partial charge >= 0.3 is 11.3 Å². The number of nitrogen functional groups attached to an aromatic ring is 1. The summed E-state index contributed by atoms with van der Waals surface area (Å²) in [4.78, 5) is 25.5. The number of hydrogen-bond acceptors (Lipinski definition) is 12. The van der Waals surface area contributed by atoms with E-state index < -0.39 is 57.2 Å². The summed E-state index contributed by atoms with van der Waals surface area (Å²) in [6, 6.07) is 18.7. The molecule has 12 nitrogen and oxygen atoms in total. The molecular formula is C40H38F4N8O4S. The van der Waals surface area contributed by atoms with E-state index in [4.69, 9.17) is 19.9 Å². The monoisotopic (exact) mass is 802 g/mol. The lowest BCUT2D eigenvalue weighted by molar-refractivity contribution is -0.137. The lowest BCUT2D eigenvalue weighted by atomic mass is 10.0. The first kappa shape index (κ1) is 39.3. The normalized spacial score (nSPS) is 13.8. The molecule has 6 aromatic rings. The lowest BCUT2D eigenvalue weighted by Crippen LogP contribution is -2.31. The highest BCUT2D eigenvalue weighted by molar-refractivity contribution is 7.90. The number of hydrogen-bond donors (Lipinski definition) is 1. The Bertz CT molecular complexity index is 2370. The van der Waals surface area contributed by atoms with Crippen LogP contribution in [0.3, 0.4) is 0 Å². The first-order valence-electron chi connectivity index (χ1n) is 17.7. The molecule has 2 atom stereocenters. The molecule has 2 N–H and O–H groups in total. The van der Waals surface area contributed by atoms with E-state index in [2.05, 4.69) is 24.9 Å². The van der Waals surface area contributed by atoms with E-state index in [9.17, 15) is 4.55 Å². The van der Waals surface area contributed by atoms with Gasteiger partial charge in [0.25, 0.3) is 0 Å². The zero-order valence-electron chi connectivity index (χ0n) is 31.6. The summed E-state index contributed by atoms with van der Waals surface area (Å²) < 4.78 is 92.1. The van der Waals surface area contributed by atoms with Crippen molar-refractivity contribution in [3.8, 4) is 28.6 Å². The molecule has 0 saturated carbocycles. The Morgan fingerprint density at radius 1 is 0.965 bits per heavy atom. The minimum Gasteiger partial charge on any atom is -0.609 e. The number of ether oxygens (including phenoxy) is 3. The van der Waals surface area contributed by atoms with Gasteiger partial charge in [0.2, 0.25) is 5.88 Å². The minimum atomic E-state index is -4.97. The second kappa shape index (κ2) is 15.9. The van der Waals surface area contributed by atoms with E-state index in [1.54, 1.807) is 66.6 Å². The number of nitrogens with zero attached hydrogens (tertiary/aromatic N) is 7.